The number of nitro groups is 1. The number of halogens is 2. The van der Waals surface area contributed by atoms with Crippen molar-refractivity contribution in [3.05, 3.63) is 140 Å². The Morgan fingerprint density at radius 1 is 0.821 bits per heavy atom. The lowest BCUT2D eigenvalue weighted by Gasteiger charge is -2.23. The van der Waals surface area contributed by atoms with Crippen LogP contribution >= 0.6 is 31.9 Å². The number of para-hydroxylation sites is 1. The number of carbonyl (C=O) groups excluding carboxylic acids is 3. The maximum atomic E-state index is 13.5. The molecular weight excluding hydrogens is 632 g/mol. The summed E-state index contributed by atoms with van der Waals surface area (Å²) < 4.78 is 6.56. The number of benzene rings is 4. The molecular formula is C29H20Br2N2O6. The second-order valence-corrected chi connectivity index (χ2v) is 10.2. The summed E-state index contributed by atoms with van der Waals surface area (Å²) in [5.41, 5.74) is 1.11. The summed E-state index contributed by atoms with van der Waals surface area (Å²) in [6, 6.07) is 27.0. The third-order valence-corrected chi connectivity index (χ3v) is 7.26. The van der Waals surface area contributed by atoms with Gasteiger partial charge < -0.3 is 10.1 Å². The van der Waals surface area contributed by atoms with E-state index in [0.29, 0.717) is 16.7 Å². The number of Topliss-reactive ketones (excluding diaryl/α,β-unsaturated/α-hetero) is 1. The predicted octanol–water partition coefficient (Wildman–Crippen LogP) is 7.15. The Balaban J connectivity index is 1.64. The Kier molecular flexibility index (Phi) is 9.00. The number of esters is 1. The van der Waals surface area contributed by atoms with Crippen LogP contribution in [0.4, 0.5) is 11.4 Å². The number of hydrogen-bond acceptors (Lipinski definition) is 6. The SMILES string of the molecule is O=C(Nc1ccccc1C(=O)O[C@@H](C(=O)c1ccccc1)[C@H](Br)c1cccc([N+](=O)[O-])c1)c1ccc(Br)cc1. The third kappa shape index (κ3) is 6.84. The summed E-state index contributed by atoms with van der Waals surface area (Å²) in [5, 5.41) is 14.0. The highest BCUT2D eigenvalue weighted by Crippen LogP contribution is 2.33. The van der Waals surface area contributed by atoms with Gasteiger partial charge in [-0.1, -0.05) is 86.5 Å². The van der Waals surface area contributed by atoms with Gasteiger partial charge in [0.05, 0.1) is 21.0 Å². The number of hydrogen-bond donors (Lipinski definition) is 1. The average Bonchev–Trinajstić information content (AvgIpc) is 2.96. The van der Waals surface area contributed by atoms with Crippen molar-refractivity contribution < 1.29 is 24.0 Å². The molecule has 0 fully saturated rings. The second kappa shape index (κ2) is 12.6. The third-order valence-electron chi connectivity index (χ3n) is 5.72. The largest absolute Gasteiger partial charge is 0.449 e. The van der Waals surface area contributed by atoms with Gasteiger partial charge in [-0.3, -0.25) is 19.7 Å². The molecule has 0 aliphatic rings. The Morgan fingerprint density at radius 3 is 2.18 bits per heavy atom. The van der Waals surface area contributed by atoms with Gasteiger partial charge in [-0.05, 0) is 42.0 Å². The highest BCUT2D eigenvalue weighted by molar-refractivity contribution is 9.10. The summed E-state index contributed by atoms with van der Waals surface area (Å²) >= 11 is 6.76. The number of alkyl halides is 1. The van der Waals surface area contributed by atoms with E-state index in [1.807, 2.05) is 0 Å². The molecule has 196 valence electrons. The Hall–Kier alpha value is -4.15. The van der Waals surface area contributed by atoms with E-state index >= 15 is 0 Å². The second-order valence-electron chi connectivity index (χ2n) is 8.32. The molecule has 39 heavy (non-hydrogen) atoms. The number of nitro benzene ring substituents is 1. The van der Waals surface area contributed by atoms with Crippen LogP contribution in [0.25, 0.3) is 0 Å². The maximum absolute atomic E-state index is 13.5. The number of ketones is 1. The molecule has 0 aliphatic heterocycles. The first-order chi connectivity index (χ1) is 18.7. The van der Waals surface area contributed by atoms with Crippen molar-refractivity contribution in [2.24, 2.45) is 0 Å². The number of nitrogens with one attached hydrogen (secondary N) is 1. The summed E-state index contributed by atoms with van der Waals surface area (Å²) in [5.74, 6) is -1.80. The first kappa shape index (κ1) is 27.9. The average molecular weight is 652 g/mol. The van der Waals surface area contributed by atoms with E-state index in [0.717, 1.165) is 4.47 Å². The molecule has 10 heteroatoms. The van der Waals surface area contributed by atoms with Gasteiger partial charge in [-0.2, -0.15) is 0 Å². The van der Waals surface area contributed by atoms with Gasteiger partial charge in [0, 0.05) is 27.7 Å². The summed E-state index contributed by atoms with van der Waals surface area (Å²) in [6.45, 7) is 0. The molecule has 4 aromatic rings. The van der Waals surface area contributed by atoms with Crippen molar-refractivity contribution in [1.29, 1.82) is 0 Å². The molecule has 0 aliphatic carbocycles. The van der Waals surface area contributed by atoms with E-state index in [9.17, 15) is 24.5 Å². The molecule has 1 amide bonds. The van der Waals surface area contributed by atoms with Crippen molar-refractivity contribution >= 4 is 60.9 Å². The van der Waals surface area contributed by atoms with Gasteiger partial charge >= 0.3 is 5.97 Å². The fourth-order valence-corrected chi connectivity index (χ4v) is 4.64. The lowest BCUT2D eigenvalue weighted by Crippen LogP contribution is -2.31. The van der Waals surface area contributed by atoms with E-state index < -0.39 is 33.5 Å². The van der Waals surface area contributed by atoms with Crippen LogP contribution in [0, 0.1) is 10.1 Å². The Morgan fingerprint density at radius 2 is 1.49 bits per heavy atom. The number of non-ortho nitro benzene ring substituents is 1. The maximum Gasteiger partial charge on any atom is 0.341 e. The molecule has 1 N–H and O–H groups in total. The topological polar surface area (TPSA) is 116 Å². The van der Waals surface area contributed by atoms with Crippen LogP contribution < -0.4 is 5.32 Å². The van der Waals surface area contributed by atoms with Crippen LogP contribution in [0.5, 0.6) is 0 Å². The minimum Gasteiger partial charge on any atom is -0.449 e. The zero-order valence-electron chi connectivity index (χ0n) is 20.1. The molecule has 8 nitrogen and oxygen atoms in total. The van der Waals surface area contributed by atoms with E-state index in [1.54, 1.807) is 78.9 Å². The lowest BCUT2D eigenvalue weighted by molar-refractivity contribution is -0.384. The first-order valence-electron chi connectivity index (χ1n) is 11.6. The van der Waals surface area contributed by atoms with Crippen LogP contribution in [-0.4, -0.2) is 28.7 Å². The molecule has 0 aromatic heterocycles. The summed E-state index contributed by atoms with van der Waals surface area (Å²) in [7, 11) is 0. The minimum atomic E-state index is -1.38. The van der Waals surface area contributed by atoms with Crippen molar-refractivity contribution in [3.63, 3.8) is 0 Å². The molecule has 0 heterocycles. The van der Waals surface area contributed by atoms with Crippen molar-refractivity contribution in [1.82, 2.24) is 0 Å². The zero-order chi connectivity index (χ0) is 27.9. The van der Waals surface area contributed by atoms with Gasteiger partial charge in [0.2, 0.25) is 5.78 Å². The van der Waals surface area contributed by atoms with E-state index in [-0.39, 0.29) is 16.9 Å². The van der Waals surface area contributed by atoms with Gasteiger partial charge in [0.15, 0.2) is 6.10 Å². The molecule has 0 saturated carbocycles. The molecule has 0 saturated heterocycles. The molecule has 0 spiro atoms. The first-order valence-corrected chi connectivity index (χ1v) is 13.3. The minimum absolute atomic E-state index is 0.0348. The number of amides is 1. The van der Waals surface area contributed by atoms with Crippen LogP contribution in [-0.2, 0) is 4.74 Å². The van der Waals surface area contributed by atoms with Crippen molar-refractivity contribution in [3.8, 4) is 0 Å². The standard InChI is InChI=1S/C29H20Br2N2O6/c30-21-15-13-19(14-16-21)28(35)32-24-12-5-4-11-23(24)29(36)39-27(26(34)18-7-2-1-3-8-18)25(31)20-9-6-10-22(17-20)33(37)38/h1-17,25,27H,(H,32,35)/t25-,27-/m1/s1. The van der Waals surface area contributed by atoms with E-state index in [1.165, 1.54) is 24.3 Å². The number of carbonyl (C=O) groups is 3. The smallest absolute Gasteiger partial charge is 0.341 e. The number of nitrogens with zero attached hydrogens (tertiary/aromatic N) is 1. The lowest BCUT2D eigenvalue weighted by atomic mass is 9.99. The molecule has 0 bridgehead atoms. The monoisotopic (exact) mass is 650 g/mol. The molecule has 2 atom stereocenters. The quantitative estimate of drug-likeness (QED) is 0.0675. The van der Waals surface area contributed by atoms with E-state index in [2.05, 4.69) is 37.2 Å². The summed E-state index contributed by atoms with van der Waals surface area (Å²) in [4.78, 5) is 49.6. The number of ether oxygens (including phenoxy) is 1. The van der Waals surface area contributed by atoms with Gasteiger partial charge in [-0.25, -0.2) is 4.79 Å². The molecule has 0 radical (unpaired) electrons. The van der Waals surface area contributed by atoms with Crippen molar-refractivity contribution in [2.75, 3.05) is 5.32 Å². The van der Waals surface area contributed by atoms with Crippen LogP contribution in [0.2, 0.25) is 0 Å². The Bertz CT molecular complexity index is 1530. The number of anilines is 1. The van der Waals surface area contributed by atoms with Crippen LogP contribution in [0.15, 0.2) is 108 Å². The highest BCUT2D eigenvalue weighted by Gasteiger charge is 2.34. The van der Waals surface area contributed by atoms with Gasteiger partial charge in [0.1, 0.15) is 0 Å². The molecule has 4 rings (SSSR count). The van der Waals surface area contributed by atoms with E-state index in [4.69, 9.17) is 4.74 Å². The zero-order valence-corrected chi connectivity index (χ0v) is 23.3. The predicted molar refractivity (Wildman–Crippen MR) is 153 cm³/mol. The Labute approximate surface area is 240 Å². The fourth-order valence-electron chi connectivity index (χ4n) is 3.74. The number of rotatable bonds is 9. The fraction of sp³-hybridized carbons (Fsp3) is 0.0690. The molecule has 0 unspecified atom stereocenters. The summed E-state index contributed by atoms with van der Waals surface area (Å²) in [6.07, 6.45) is -1.38. The van der Waals surface area contributed by atoms with Crippen LogP contribution in [0.1, 0.15) is 41.5 Å². The normalized spacial score (nSPS) is 12.2. The van der Waals surface area contributed by atoms with Gasteiger partial charge in [-0.15, -0.1) is 0 Å². The highest BCUT2D eigenvalue weighted by atomic mass is 79.9. The van der Waals surface area contributed by atoms with Crippen molar-refractivity contribution in [2.45, 2.75) is 10.9 Å². The van der Waals surface area contributed by atoms with Gasteiger partial charge in [0.25, 0.3) is 11.6 Å². The molecule has 4 aromatic carbocycles. The van der Waals surface area contributed by atoms with Crippen LogP contribution in [0.3, 0.4) is 0 Å².